The van der Waals surface area contributed by atoms with Gasteiger partial charge in [0.15, 0.2) is 0 Å². The molecule has 0 heterocycles. The molecule has 0 aromatic heterocycles. The summed E-state index contributed by atoms with van der Waals surface area (Å²) in [4.78, 5) is 2.40. The van der Waals surface area contributed by atoms with Gasteiger partial charge in [0, 0.05) is 23.4 Å². The van der Waals surface area contributed by atoms with Crippen molar-refractivity contribution in [3.8, 4) is 0 Å². The zero-order valence-corrected chi connectivity index (χ0v) is 14.1. The molecular formula is C15H21Br2N. The van der Waals surface area contributed by atoms with E-state index in [1.165, 1.54) is 54.4 Å². The third-order valence-corrected chi connectivity index (χ3v) is 5.12. The van der Waals surface area contributed by atoms with Gasteiger partial charge < -0.3 is 4.90 Å². The van der Waals surface area contributed by atoms with Crippen LogP contribution in [0.15, 0.2) is 22.7 Å². The fraction of sp³-hybridized carbons (Fsp3) is 0.600. The van der Waals surface area contributed by atoms with E-state index in [0.29, 0.717) is 0 Å². The van der Waals surface area contributed by atoms with E-state index in [2.05, 4.69) is 62.0 Å². The SMILES string of the molecule is CN(CC1CCCCC1)c1ccc(CBr)cc1Br. The van der Waals surface area contributed by atoms with Crippen LogP contribution in [-0.4, -0.2) is 13.6 Å². The van der Waals surface area contributed by atoms with Crippen molar-refractivity contribution in [2.24, 2.45) is 5.92 Å². The second-order valence-electron chi connectivity index (χ2n) is 5.30. The van der Waals surface area contributed by atoms with Crippen molar-refractivity contribution in [2.75, 3.05) is 18.5 Å². The van der Waals surface area contributed by atoms with Crippen LogP contribution >= 0.6 is 31.9 Å². The minimum Gasteiger partial charge on any atom is -0.373 e. The van der Waals surface area contributed by atoms with Crippen LogP contribution in [0.2, 0.25) is 0 Å². The molecule has 0 radical (unpaired) electrons. The van der Waals surface area contributed by atoms with Gasteiger partial charge in [0.2, 0.25) is 0 Å². The van der Waals surface area contributed by atoms with Crippen LogP contribution in [0, 0.1) is 5.92 Å². The highest BCUT2D eigenvalue weighted by Gasteiger charge is 2.16. The maximum atomic E-state index is 3.69. The first-order valence-corrected chi connectivity index (χ1v) is 8.67. The number of hydrogen-bond donors (Lipinski definition) is 0. The average Bonchev–Trinajstić information content (AvgIpc) is 2.39. The van der Waals surface area contributed by atoms with Crippen molar-refractivity contribution in [3.05, 3.63) is 28.2 Å². The van der Waals surface area contributed by atoms with Gasteiger partial charge in [-0.3, -0.25) is 0 Å². The van der Waals surface area contributed by atoms with Crippen LogP contribution in [0.3, 0.4) is 0 Å². The number of halogens is 2. The number of benzene rings is 1. The molecule has 2 rings (SSSR count). The van der Waals surface area contributed by atoms with E-state index in [4.69, 9.17) is 0 Å². The molecule has 1 nitrogen and oxygen atoms in total. The zero-order valence-electron chi connectivity index (χ0n) is 11.0. The van der Waals surface area contributed by atoms with Crippen molar-refractivity contribution in [1.29, 1.82) is 0 Å². The molecule has 0 unspecified atom stereocenters. The molecule has 0 N–H and O–H groups in total. The summed E-state index contributed by atoms with van der Waals surface area (Å²) in [5.74, 6) is 0.881. The third kappa shape index (κ3) is 3.74. The maximum Gasteiger partial charge on any atom is 0.0508 e. The predicted octanol–water partition coefficient (Wildman–Crippen LogP) is 5.36. The number of nitrogens with zero attached hydrogens (tertiary/aromatic N) is 1. The van der Waals surface area contributed by atoms with Gasteiger partial charge in [-0.15, -0.1) is 0 Å². The van der Waals surface area contributed by atoms with Gasteiger partial charge in [0.1, 0.15) is 0 Å². The summed E-state index contributed by atoms with van der Waals surface area (Å²) in [7, 11) is 2.21. The fourth-order valence-electron chi connectivity index (χ4n) is 2.80. The van der Waals surface area contributed by atoms with E-state index < -0.39 is 0 Å². The van der Waals surface area contributed by atoms with Crippen LogP contribution in [0.5, 0.6) is 0 Å². The molecule has 100 valence electrons. The Morgan fingerprint density at radius 1 is 1.22 bits per heavy atom. The molecule has 0 bridgehead atoms. The summed E-state index contributed by atoms with van der Waals surface area (Å²) in [6, 6.07) is 6.64. The lowest BCUT2D eigenvalue weighted by atomic mass is 9.89. The van der Waals surface area contributed by atoms with Crippen LogP contribution in [0.1, 0.15) is 37.7 Å². The van der Waals surface area contributed by atoms with Crippen LogP contribution in [-0.2, 0) is 5.33 Å². The molecular weight excluding hydrogens is 354 g/mol. The average molecular weight is 375 g/mol. The van der Waals surface area contributed by atoms with Gasteiger partial charge in [0.25, 0.3) is 0 Å². The molecule has 18 heavy (non-hydrogen) atoms. The standard InChI is InChI=1S/C15H21Br2N/c1-18(11-12-5-3-2-4-6-12)15-8-7-13(10-16)9-14(15)17/h7-9,12H,2-6,10-11H2,1H3. The molecule has 0 spiro atoms. The second-order valence-corrected chi connectivity index (χ2v) is 6.72. The highest BCUT2D eigenvalue weighted by molar-refractivity contribution is 9.10. The second kappa shape index (κ2) is 6.95. The van der Waals surface area contributed by atoms with E-state index >= 15 is 0 Å². The van der Waals surface area contributed by atoms with Gasteiger partial charge in [-0.25, -0.2) is 0 Å². The lowest BCUT2D eigenvalue weighted by Gasteiger charge is -2.29. The van der Waals surface area contributed by atoms with E-state index in [-0.39, 0.29) is 0 Å². The molecule has 1 aliphatic rings. The molecule has 0 aliphatic heterocycles. The van der Waals surface area contributed by atoms with E-state index in [1.807, 2.05) is 0 Å². The summed E-state index contributed by atoms with van der Waals surface area (Å²) in [5, 5.41) is 0.915. The van der Waals surface area contributed by atoms with Gasteiger partial charge >= 0.3 is 0 Å². The highest BCUT2D eigenvalue weighted by atomic mass is 79.9. The van der Waals surface area contributed by atoms with Crippen molar-refractivity contribution in [1.82, 2.24) is 0 Å². The zero-order chi connectivity index (χ0) is 13.0. The Morgan fingerprint density at radius 2 is 1.94 bits per heavy atom. The summed E-state index contributed by atoms with van der Waals surface area (Å²) < 4.78 is 1.21. The Morgan fingerprint density at radius 3 is 2.56 bits per heavy atom. The van der Waals surface area contributed by atoms with Gasteiger partial charge in [-0.2, -0.15) is 0 Å². The first-order valence-electron chi connectivity index (χ1n) is 6.76. The maximum absolute atomic E-state index is 3.69. The molecule has 1 aromatic rings. The molecule has 0 saturated heterocycles. The summed E-state index contributed by atoms with van der Waals surface area (Å²) in [5.41, 5.74) is 2.63. The lowest BCUT2D eigenvalue weighted by Crippen LogP contribution is -2.27. The van der Waals surface area contributed by atoms with Crippen LogP contribution in [0.25, 0.3) is 0 Å². The van der Waals surface area contributed by atoms with Gasteiger partial charge in [-0.1, -0.05) is 41.3 Å². The Labute approximate surface area is 127 Å². The van der Waals surface area contributed by atoms with E-state index in [1.54, 1.807) is 0 Å². The highest BCUT2D eigenvalue weighted by Crippen LogP contribution is 2.30. The monoisotopic (exact) mass is 373 g/mol. The van der Waals surface area contributed by atoms with Crippen molar-refractivity contribution >= 4 is 37.5 Å². The Hall–Kier alpha value is -0.0200. The molecule has 3 heteroatoms. The van der Waals surface area contributed by atoms with Gasteiger partial charge in [-0.05, 0) is 52.4 Å². The minimum atomic E-state index is 0.881. The Balaban J connectivity index is 2.01. The molecule has 1 aliphatic carbocycles. The number of anilines is 1. The summed E-state index contributed by atoms with van der Waals surface area (Å²) in [6.45, 7) is 1.19. The first-order chi connectivity index (χ1) is 8.70. The lowest BCUT2D eigenvalue weighted by molar-refractivity contribution is 0.362. The molecule has 0 atom stereocenters. The van der Waals surface area contributed by atoms with Crippen molar-refractivity contribution < 1.29 is 0 Å². The normalized spacial score (nSPS) is 16.8. The van der Waals surface area contributed by atoms with E-state index in [0.717, 1.165) is 11.2 Å². The van der Waals surface area contributed by atoms with Crippen LogP contribution in [0.4, 0.5) is 5.69 Å². The predicted molar refractivity (Wildman–Crippen MR) is 86.6 cm³/mol. The molecule has 0 amide bonds. The molecule has 1 saturated carbocycles. The quantitative estimate of drug-likeness (QED) is 0.641. The molecule has 1 fully saturated rings. The molecule has 1 aromatic carbocycles. The summed E-state index contributed by atoms with van der Waals surface area (Å²) in [6.07, 6.45) is 7.08. The van der Waals surface area contributed by atoms with Crippen LogP contribution < -0.4 is 4.90 Å². The first kappa shape index (κ1) is 14.4. The number of alkyl halides is 1. The van der Waals surface area contributed by atoms with Crippen molar-refractivity contribution in [3.63, 3.8) is 0 Å². The minimum absolute atomic E-state index is 0.881. The summed E-state index contributed by atoms with van der Waals surface area (Å²) >= 11 is 7.19. The fourth-order valence-corrected chi connectivity index (χ4v) is 3.88. The van der Waals surface area contributed by atoms with Gasteiger partial charge in [0.05, 0.1) is 5.69 Å². The third-order valence-electron chi connectivity index (χ3n) is 3.83. The topological polar surface area (TPSA) is 3.24 Å². The number of hydrogen-bond acceptors (Lipinski definition) is 1. The van der Waals surface area contributed by atoms with Crippen molar-refractivity contribution in [2.45, 2.75) is 37.4 Å². The Bertz CT molecular complexity index is 386. The van der Waals surface area contributed by atoms with E-state index in [9.17, 15) is 0 Å². The number of rotatable bonds is 4. The largest absolute Gasteiger partial charge is 0.373 e. The smallest absolute Gasteiger partial charge is 0.0508 e. The Kier molecular flexibility index (Phi) is 5.56.